The number of rotatable bonds is 2. The van der Waals surface area contributed by atoms with E-state index in [1.54, 1.807) is 0 Å². The molecule has 1 aromatic rings. The standard InChI is InChI=1S/C13H22N2/c1-4-15(3)10-6-8-13(15)12-7-5-9-14(2)11-12/h5,7,9,11,13H,4,6,8,10H2,1-3H3/q+2. The zero-order valence-electron chi connectivity index (χ0n) is 10.1. The van der Waals surface area contributed by atoms with Gasteiger partial charge in [-0.1, -0.05) is 0 Å². The van der Waals surface area contributed by atoms with Crippen molar-refractivity contribution in [3.05, 3.63) is 30.1 Å². The molecule has 2 heteroatoms. The molecule has 2 atom stereocenters. The number of aryl methyl sites for hydroxylation is 1. The van der Waals surface area contributed by atoms with Gasteiger partial charge < -0.3 is 4.48 Å². The smallest absolute Gasteiger partial charge is 0.177 e. The SMILES string of the molecule is CC[N+]1(C)CCCC1c1ccc[n+](C)c1. The largest absolute Gasteiger partial charge is 0.320 e. The summed E-state index contributed by atoms with van der Waals surface area (Å²) >= 11 is 0. The summed E-state index contributed by atoms with van der Waals surface area (Å²) in [5, 5.41) is 0. The molecule has 0 spiro atoms. The van der Waals surface area contributed by atoms with Gasteiger partial charge in [0.05, 0.1) is 25.7 Å². The maximum absolute atomic E-state index is 2.39. The summed E-state index contributed by atoms with van der Waals surface area (Å²) in [6, 6.07) is 5.15. The first kappa shape index (κ1) is 10.6. The molecule has 82 valence electrons. The van der Waals surface area contributed by atoms with Gasteiger partial charge in [0.15, 0.2) is 12.4 Å². The number of pyridine rings is 1. The van der Waals surface area contributed by atoms with E-state index in [0.29, 0.717) is 6.04 Å². The molecule has 0 N–H and O–H groups in total. The molecule has 0 bridgehead atoms. The summed E-state index contributed by atoms with van der Waals surface area (Å²) < 4.78 is 3.37. The van der Waals surface area contributed by atoms with Crippen LogP contribution in [0.5, 0.6) is 0 Å². The second-order valence-corrected chi connectivity index (χ2v) is 4.98. The fourth-order valence-electron chi connectivity index (χ4n) is 2.83. The summed E-state index contributed by atoms with van der Waals surface area (Å²) in [4.78, 5) is 0. The molecular formula is C13H22N2+2. The average Bonchev–Trinajstić information content (AvgIpc) is 2.61. The molecule has 2 rings (SSSR count). The van der Waals surface area contributed by atoms with Crippen LogP contribution in [0.4, 0.5) is 0 Å². The highest BCUT2D eigenvalue weighted by Gasteiger charge is 2.38. The first-order valence-corrected chi connectivity index (χ1v) is 5.95. The van der Waals surface area contributed by atoms with E-state index in [9.17, 15) is 0 Å². The number of likely N-dealkylation sites (tertiary alicyclic amines) is 1. The molecule has 1 aliphatic heterocycles. The van der Waals surface area contributed by atoms with Crippen LogP contribution in [0.2, 0.25) is 0 Å². The molecule has 0 radical (unpaired) electrons. The number of nitrogens with zero attached hydrogens (tertiary/aromatic N) is 2. The van der Waals surface area contributed by atoms with Gasteiger partial charge >= 0.3 is 0 Å². The van der Waals surface area contributed by atoms with E-state index < -0.39 is 0 Å². The third-order valence-corrected chi connectivity index (χ3v) is 3.97. The zero-order chi connectivity index (χ0) is 10.9. The predicted octanol–water partition coefficient (Wildman–Crippen LogP) is 1.81. The molecule has 0 saturated carbocycles. The third kappa shape index (κ3) is 1.91. The molecule has 1 fully saturated rings. The highest BCUT2D eigenvalue weighted by atomic mass is 15.4. The molecule has 1 saturated heterocycles. The molecule has 0 amide bonds. The van der Waals surface area contributed by atoms with Crippen LogP contribution in [0.25, 0.3) is 0 Å². The van der Waals surface area contributed by atoms with Gasteiger partial charge in [0.25, 0.3) is 0 Å². The van der Waals surface area contributed by atoms with Gasteiger partial charge in [-0.3, -0.25) is 0 Å². The van der Waals surface area contributed by atoms with Crippen molar-refractivity contribution in [2.75, 3.05) is 20.1 Å². The molecule has 0 aliphatic carbocycles. The van der Waals surface area contributed by atoms with Crippen molar-refractivity contribution < 1.29 is 9.05 Å². The highest BCUT2D eigenvalue weighted by molar-refractivity contribution is 5.10. The Hall–Kier alpha value is -0.890. The van der Waals surface area contributed by atoms with E-state index in [4.69, 9.17) is 0 Å². The minimum atomic E-state index is 0.711. The second-order valence-electron chi connectivity index (χ2n) is 4.98. The van der Waals surface area contributed by atoms with E-state index in [-0.39, 0.29) is 0 Å². The fourth-order valence-corrected chi connectivity index (χ4v) is 2.83. The molecular weight excluding hydrogens is 184 g/mol. The fraction of sp³-hybridized carbons (Fsp3) is 0.615. The lowest BCUT2D eigenvalue weighted by molar-refractivity contribution is -0.925. The number of hydrogen-bond donors (Lipinski definition) is 0. The zero-order valence-corrected chi connectivity index (χ0v) is 10.1. The molecule has 1 aliphatic rings. The van der Waals surface area contributed by atoms with Crippen molar-refractivity contribution in [3.63, 3.8) is 0 Å². The lowest BCUT2D eigenvalue weighted by atomic mass is 10.1. The van der Waals surface area contributed by atoms with Crippen LogP contribution >= 0.6 is 0 Å². The van der Waals surface area contributed by atoms with Gasteiger partial charge in [-0.15, -0.1) is 0 Å². The van der Waals surface area contributed by atoms with E-state index in [2.05, 4.69) is 50.1 Å². The van der Waals surface area contributed by atoms with Crippen molar-refractivity contribution >= 4 is 0 Å². The Morgan fingerprint density at radius 2 is 2.33 bits per heavy atom. The van der Waals surface area contributed by atoms with Crippen molar-refractivity contribution in [2.45, 2.75) is 25.8 Å². The van der Waals surface area contributed by atoms with Crippen molar-refractivity contribution in [1.82, 2.24) is 0 Å². The lowest BCUT2D eigenvalue weighted by Gasteiger charge is -2.34. The van der Waals surface area contributed by atoms with E-state index in [1.165, 1.54) is 36.0 Å². The predicted molar refractivity (Wildman–Crippen MR) is 61.2 cm³/mol. The number of quaternary nitrogens is 1. The molecule has 2 nitrogen and oxygen atoms in total. The second kappa shape index (κ2) is 3.93. The van der Waals surface area contributed by atoms with Gasteiger partial charge in [0.1, 0.15) is 13.1 Å². The maximum Gasteiger partial charge on any atom is 0.177 e. The molecule has 0 aromatic carbocycles. The van der Waals surface area contributed by atoms with Gasteiger partial charge in [0.2, 0.25) is 0 Å². The Kier molecular flexibility index (Phi) is 2.79. The van der Waals surface area contributed by atoms with Crippen molar-refractivity contribution in [3.8, 4) is 0 Å². The molecule has 15 heavy (non-hydrogen) atoms. The summed E-state index contributed by atoms with van der Waals surface area (Å²) in [7, 11) is 4.50. The van der Waals surface area contributed by atoms with Crippen LogP contribution in [0, 0.1) is 0 Å². The third-order valence-electron chi connectivity index (χ3n) is 3.97. The van der Waals surface area contributed by atoms with Crippen LogP contribution < -0.4 is 4.57 Å². The van der Waals surface area contributed by atoms with Crippen LogP contribution in [-0.2, 0) is 7.05 Å². The first-order chi connectivity index (χ1) is 7.15. The minimum Gasteiger partial charge on any atom is -0.320 e. The monoisotopic (exact) mass is 206 g/mol. The highest BCUT2D eigenvalue weighted by Crippen LogP contribution is 2.36. The van der Waals surface area contributed by atoms with E-state index in [0.717, 1.165) is 0 Å². The summed E-state index contributed by atoms with van der Waals surface area (Å²) in [6.45, 7) is 4.88. The molecule has 2 unspecified atom stereocenters. The van der Waals surface area contributed by atoms with E-state index in [1.807, 2.05) is 0 Å². The van der Waals surface area contributed by atoms with Gasteiger partial charge in [0, 0.05) is 18.9 Å². The minimum absolute atomic E-state index is 0.711. The van der Waals surface area contributed by atoms with Crippen LogP contribution in [-0.4, -0.2) is 24.6 Å². The normalized spacial score (nSPS) is 30.7. The van der Waals surface area contributed by atoms with E-state index >= 15 is 0 Å². The summed E-state index contributed by atoms with van der Waals surface area (Å²) in [5.41, 5.74) is 1.50. The Morgan fingerprint density at radius 1 is 1.53 bits per heavy atom. The van der Waals surface area contributed by atoms with Gasteiger partial charge in [-0.25, -0.2) is 4.57 Å². The Morgan fingerprint density at radius 3 is 3.00 bits per heavy atom. The average molecular weight is 206 g/mol. The topological polar surface area (TPSA) is 3.88 Å². The van der Waals surface area contributed by atoms with Gasteiger partial charge in [-0.05, 0) is 13.0 Å². The van der Waals surface area contributed by atoms with Gasteiger partial charge in [-0.2, -0.15) is 0 Å². The van der Waals surface area contributed by atoms with Crippen LogP contribution in [0.1, 0.15) is 31.4 Å². The lowest BCUT2D eigenvalue weighted by Crippen LogP contribution is -2.43. The van der Waals surface area contributed by atoms with Crippen molar-refractivity contribution in [2.24, 2.45) is 7.05 Å². The summed E-state index contributed by atoms with van der Waals surface area (Å²) in [5.74, 6) is 0. The quantitative estimate of drug-likeness (QED) is 0.513. The number of aromatic nitrogens is 1. The first-order valence-electron chi connectivity index (χ1n) is 5.95. The molecule has 1 aromatic heterocycles. The summed E-state index contributed by atoms with van der Waals surface area (Å²) in [6.07, 6.45) is 7.10. The maximum atomic E-state index is 2.39. The Balaban J connectivity index is 2.30. The Labute approximate surface area is 92.7 Å². The van der Waals surface area contributed by atoms with Crippen LogP contribution in [0.3, 0.4) is 0 Å². The Bertz CT molecular complexity index is 348. The number of hydrogen-bond acceptors (Lipinski definition) is 0. The van der Waals surface area contributed by atoms with Crippen LogP contribution in [0.15, 0.2) is 24.5 Å². The van der Waals surface area contributed by atoms with Crippen molar-refractivity contribution in [1.29, 1.82) is 0 Å². The molecule has 2 heterocycles.